The van der Waals surface area contributed by atoms with E-state index in [1.165, 1.54) is 0 Å². The molecule has 1 unspecified atom stereocenters. The third-order valence-electron chi connectivity index (χ3n) is 5.31. The summed E-state index contributed by atoms with van der Waals surface area (Å²) in [5.41, 5.74) is 2.02. The third-order valence-corrected chi connectivity index (χ3v) is 5.54. The Morgan fingerprint density at radius 2 is 1.96 bits per heavy atom. The van der Waals surface area contributed by atoms with E-state index in [-0.39, 0.29) is 11.8 Å². The summed E-state index contributed by atoms with van der Waals surface area (Å²) in [6.07, 6.45) is 8.00. The molecule has 26 heavy (non-hydrogen) atoms. The SMILES string of the molecule is CCCC(C)C(=O)NC1CCC(Nc2ccnc3cc(Cl)ccc23)CC1. The molecule has 0 bridgehead atoms. The van der Waals surface area contributed by atoms with E-state index in [2.05, 4.69) is 22.5 Å². The highest BCUT2D eigenvalue weighted by Crippen LogP contribution is 2.28. The van der Waals surface area contributed by atoms with Crippen LogP contribution in [0.1, 0.15) is 52.4 Å². The van der Waals surface area contributed by atoms with Crippen molar-refractivity contribution in [3.63, 3.8) is 0 Å². The van der Waals surface area contributed by atoms with Crippen molar-refractivity contribution in [2.45, 2.75) is 64.5 Å². The van der Waals surface area contributed by atoms with E-state index >= 15 is 0 Å². The zero-order chi connectivity index (χ0) is 18.5. The molecule has 1 aliphatic rings. The van der Waals surface area contributed by atoms with E-state index in [4.69, 9.17) is 11.6 Å². The Bertz CT molecular complexity index is 756. The van der Waals surface area contributed by atoms with Gasteiger partial charge in [-0.05, 0) is 56.4 Å². The van der Waals surface area contributed by atoms with Crippen LogP contribution in [0.5, 0.6) is 0 Å². The fourth-order valence-electron chi connectivity index (χ4n) is 3.76. The minimum atomic E-state index is 0.117. The third kappa shape index (κ3) is 4.67. The van der Waals surface area contributed by atoms with Crippen LogP contribution >= 0.6 is 11.6 Å². The number of halogens is 1. The first-order valence-electron chi connectivity index (χ1n) is 9.68. The van der Waals surface area contributed by atoms with Gasteiger partial charge in [0.15, 0.2) is 0 Å². The molecule has 1 heterocycles. The van der Waals surface area contributed by atoms with Gasteiger partial charge in [-0.25, -0.2) is 0 Å². The Morgan fingerprint density at radius 3 is 2.69 bits per heavy atom. The maximum atomic E-state index is 12.2. The fraction of sp³-hybridized carbons (Fsp3) is 0.524. The number of fused-ring (bicyclic) bond motifs is 1. The van der Waals surface area contributed by atoms with Crippen molar-refractivity contribution < 1.29 is 4.79 Å². The largest absolute Gasteiger partial charge is 0.382 e. The first-order chi connectivity index (χ1) is 12.6. The molecule has 1 aliphatic carbocycles. The van der Waals surface area contributed by atoms with E-state index < -0.39 is 0 Å². The number of amides is 1. The average Bonchev–Trinajstić information content (AvgIpc) is 2.63. The van der Waals surface area contributed by atoms with Crippen molar-refractivity contribution in [1.82, 2.24) is 10.3 Å². The van der Waals surface area contributed by atoms with Gasteiger partial charge in [0.1, 0.15) is 0 Å². The lowest BCUT2D eigenvalue weighted by Gasteiger charge is -2.31. The molecule has 0 radical (unpaired) electrons. The van der Waals surface area contributed by atoms with Crippen LogP contribution in [0.3, 0.4) is 0 Å². The predicted molar refractivity (Wildman–Crippen MR) is 109 cm³/mol. The number of aromatic nitrogens is 1. The molecule has 1 saturated carbocycles. The molecular formula is C21H28ClN3O. The monoisotopic (exact) mass is 373 g/mol. The molecule has 0 aliphatic heterocycles. The first-order valence-corrected chi connectivity index (χ1v) is 10.1. The Labute approximate surface area is 160 Å². The highest BCUT2D eigenvalue weighted by atomic mass is 35.5. The molecule has 1 atom stereocenters. The molecular weight excluding hydrogens is 346 g/mol. The molecule has 1 amide bonds. The summed E-state index contributed by atoms with van der Waals surface area (Å²) in [7, 11) is 0. The van der Waals surface area contributed by atoms with E-state index in [1.807, 2.05) is 37.4 Å². The number of pyridine rings is 1. The van der Waals surface area contributed by atoms with Gasteiger partial charge in [-0.2, -0.15) is 0 Å². The summed E-state index contributed by atoms with van der Waals surface area (Å²) in [5, 5.41) is 8.70. The number of carbonyl (C=O) groups excluding carboxylic acids is 1. The number of carbonyl (C=O) groups is 1. The zero-order valence-corrected chi connectivity index (χ0v) is 16.4. The Balaban J connectivity index is 1.55. The highest BCUT2D eigenvalue weighted by Gasteiger charge is 2.24. The van der Waals surface area contributed by atoms with Crippen molar-refractivity contribution in [3.05, 3.63) is 35.5 Å². The van der Waals surface area contributed by atoms with Crippen molar-refractivity contribution in [2.24, 2.45) is 5.92 Å². The van der Waals surface area contributed by atoms with Crippen LogP contribution in [-0.4, -0.2) is 23.0 Å². The van der Waals surface area contributed by atoms with E-state index in [1.54, 1.807) is 0 Å². The Kier molecular flexibility index (Phi) is 6.36. The van der Waals surface area contributed by atoms with Crippen LogP contribution < -0.4 is 10.6 Å². The number of nitrogens with zero attached hydrogens (tertiary/aromatic N) is 1. The van der Waals surface area contributed by atoms with Gasteiger partial charge in [-0.3, -0.25) is 9.78 Å². The molecule has 1 aromatic carbocycles. The van der Waals surface area contributed by atoms with Gasteiger partial charge in [0.05, 0.1) is 5.52 Å². The van der Waals surface area contributed by atoms with Crippen LogP contribution in [0.2, 0.25) is 5.02 Å². The molecule has 0 saturated heterocycles. The Hall–Kier alpha value is -1.81. The van der Waals surface area contributed by atoms with Gasteiger partial charge >= 0.3 is 0 Å². The quantitative estimate of drug-likeness (QED) is 0.734. The Morgan fingerprint density at radius 1 is 1.23 bits per heavy atom. The summed E-state index contributed by atoms with van der Waals surface area (Å²) in [6.45, 7) is 4.14. The van der Waals surface area contributed by atoms with Crippen molar-refractivity contribution in [3.8, 4) is 0 Å². The second kappa shape index (κ2) is 8.72. The van der Waals surface area contributed by atoms with Crippen LogP contribution in [0.25, 0.3) is 10.9 Å². The minimum absolute atomic E-state index is 0.117. The molecule has 4 nitrogen and oxygen atoms in total. The summed E-state index contributed by atoms with van der Waals surface area (Å²) >= 11 is 6.07. The summed E-state index contributed by atoms with van der Waals surface area (Å²) < 4.78 is 0. The molecule has 140 valence electrons. The number of hydrogen-bond acceptors (Lipinski definition) is 3. The standard InChI is InChI=1S/C21H28ClN3O/c1-3-4-14(2)21(26)25-17-8-6-16(7-9-17)24-19-11-12-23-20-13-15(22)5-10-18(19)20/h5,10-14,16-17H,3-4,6-9H2,1-2H3,(H,23,24)(H,25,26). The van der Waals surface area contributed by atoms with Crippen molar-refractivity contribution in [2.75, 3.05) is 5.32 Å². The van der Waals surface area contributed by atoms with Crippen LogP contribution in [-0.2, 0) is 4.79 Å². The summed E-state index contributed by atoms with van der Waals surface area (Å²) in [5.74, 6) is 0.325. The average molecular weight is 374 g/mol. The number of rotatable bonds is 6. The molecule has 5 heteroatoms. The lowest BCUT2D eigenvalue weighted by molar-refractivity contribution is -0.125. The highest BCUT2D eigenvalue weighted by molar-refractivity contribution is 6.31. The molecule has 3 rings (SSSR count). The van der Waals surface area contributed by atoms with E-state index in [0.29, 0.717) is 17.1 Å². The molecule has 1 aromatic heterocycles. The second-order valence-electron chi connectivity index (χ2n) is 7.41. The predicted octanol–water partition coefficient (Wildman–Crippen LogP) is 5.16. The number of anilines is 1. The van der Waals surface area contributed by atoms with Crippen LogP contribution in [0.4, 0.5) is 5.69 Å². The molecule has 2 aromatic rings. The smallest absolute Gasteiger partial charge is 0.223 e. The van der Waals surface area contributed by atoms with Crippen molar-refractivity contribution >= 4 is 34.1 Å². The zero-order valence-electron chi connectivity index (χ0n) is 15.6. The second-order valence-corrected chi connectivity index (χ2v) is 7.85. The topological polar surface area (TPSA) is 54.0 Å². The van der Waals surface area contributed by atoms with Gasteiger partial charge in [0.25, 0.3) is 0 Å². The van der Waals surface area contributed by atoms with Gasteiger partial charge in [0, 0.05) is 40.3 Å². The van der Waals surface area contributed by atoms with Crippen molar-refractivity contribution in [1.29, 1.82) is 0 Å². The van der Waals surface area contributed by atoms with Gasteiger partial charge in [-0.1, -0.05) is 31.9 Å². The molecule has 0 spiro atoms. The normalized spacial score (nSPS) is 21.3. The first kappa shape index (κ1) is 19.0. The van der Waals surface area contributed by atoms with E-state index in [9.17, 15) is 4.79 Å². The lowest BCUT2D eigenvalue weighted by atomic mass is 9.90. The maximum absolute atomic E-state index is 12.2. The fourth-order valence-corrected chi connectivity index (χ4v) is 3.92. The minimum Gasteiger partial charge on any atom is -0.382 e. The number of hydrogen-bond donors (Lipinski definition) is 2. The summed E-state index contributed by atoms with van der Waals surface area (Å²) in [6, 6.07) is 8.59. The molecule has 2 N–H and O–H groups in total. The van der Waals surface area contributed by atoms with Crippen LogP contribution in [0.15, 0.2) is 30.5 Å². The van der Waals surface area contributed by atoms with E-state index in [0.717, 1.165) is 55.1 Å². The lowest BCUT2D eigenvalue weighted by Crippen LogP contribution is -2.42. The van der Waals surface area contributed by atoms with Gasteiger partial charge in [-0.15, -0.1) is 0 Å². The molecule has 1 fully saturated rings. The van der Waals surface area contributed by atoms with Gasteiger partial charge in [0.2, 0.25) is 5.91 Å². The number of nitrogens with one attached hydrogen (secondary N) is 2. The maximum Gasteiger partial charge on any atom is 0.223 e. The summed E-state index contributed by atoms with van der Waals surface area (Å²) in [4.78, 5) is 16.6. The number of benzene rings is 1. The van der Waals surface area contributed by atoms with Crippen LogP contribution in [0, 0.1) is 5.92 Å². The van der Waals surface area contributed by atoms with Gasteiger partial charge < -0.3 is 10.6 Å².